The van der Waals surface area contributed by atoms with Crippen LogP contribution in [0.2, 0.25) is 0 Å². The number of thiazole rings is 1. The number of aliphatic hydroxyl groups is 1. The van der Waals surface area contributed by atoms with Crippen LogP contribution < -0.4 is 5.32 Å². The van der Waals surface area contributed by atoms with Crippen LogP contribution in [-0.2, 0) is 17.8 Å². The zero-order valence-corrected chi connectivity index (χ0v) is 14.7. The average Bonchev–Trinajstić information content (AvgIpc) is 3.28. The Morgan fingerprint density at radius 1 is 1.48 bits per heavy atom. The minimum Gasteiger partial charge on any atom is -0.396 e. The van der Waals surface area contributed by atoms with Crippen LogP contribution in [0.15, 0.2) is 17.8 Å². The zero-order valence-electron chi connectivity index (χ0n) is 13.9. The third-order valence-electron chi connectivity index (χ3n) is 5.23. The van der Waals surface area contributed by atoms with E-state index in [-0.39, 0.29) is 18.4 Å². The van der Waals surface area contributed by atoms with E-state index in [0.29, 0.717) is 23.5 Å². The maximum Gasteiger partial charge on any atom is 0.230 e. The smallest absolute Gasteiger partial charge is 0.230 e. The molecule has 5 heterocycles. The molecule has 2 aromatic rings. The van der Waals surface area contributed by atoms with Gasteiger partial charge in [0.1, 0.15) is 0 Å². The van der Waals surface area contributed by atoms with Gasteiger partial charge in [0.2, 0.25) is 5.91 Å². The third-order valence-corrected chi connectivity index (χ3v) is 5.92. The number of amides is 1. The molecule has 0 saturated carbocycles. The summed E-state index contributed by atoms with van der Waals surface area (Å²) < 4.78 is 1.86. The highest BCUT2D eigenvalue weighted by atomic mass is 32.1. The van der Waals surface area contributed by atoms with Crippen molar-refractivity contribution in [1.29, 1.82) is 0 Å². The van der Waals surface area contributed by atoms with Gasteiger partial charge in [-0.1, -0.05) is 5.21 Å². The van der Waals surface area contributed by atoms with Gasteiger partial charge in [0, 0.05) is 43.4 Å². The predicted molar refractivity (Wildman–Crippen MR) is 93.1 cm³/mol. The Kier molecular flexibility index (Phi) is 4.78. The van der Waals surface area contributed by atoms with E-state index in [1.165, 1.54) is 11.3 Å². The van der Waals surface area contributed by atoms with Gasteiger partial charge in [-0.05, 0) is 25.3 Å². The number of fused-ring (bicyclic) bond motifs is 3. The molecular weight excluding hydrogens is 340 g/mol. The number of hydrogen-bond donors (Lipinski definition) is 2. The summed E-state index contributed by atoms with van der Waals surface area (Å²) >= 11 is 1.45. The minimum absolute atomic E-state index is 0.0367. The van der Waals surface area contributed by atoms with E-state index < -0.39 is 0 Å². The molecule has 25 heavy (non-hydrogen) atoms. The van der Waals surface area contributed by atoms with Crippen LogP contribution in [0.25, 0.3) is 0 Å². The molecule has 3 aliphatic heterocycles. The van der Waals surface area contributed by atoms with Crippen LogP contribution in [0.5, 0.6) is 0 Å². The number of rotatable bonds is 6. The summed E-state index contributed by atoms with van der Waals surface area (Å²) in [6.45, 7) is 2.71. The van der Waals surface area contributed by atoms with Gasteiger partial charge in [0.05, 0.1) is 18.2 Å². The zero-order chi connectivity index (χ0) is 17.2. The number of anilines is 1. The van der Waals surface area contributed by atoms with Crippen molar-refractivity contribution in [2.24, 2.45) is 11.8 Å². The van der Waals surface area contributed by atoms with Crippen molar-refractivity contribution >= 4 is 22.4 Å². The van der Waals surface area contributed by atoms with Crippen molar-refractivity contribution < 1.29 is 9.90 Å². The maximum absolute atomic E-state index is 12.6. The van der Waals surface area contributed by atoms with E-state index in [0.717, 1.165) is 38.2 Å². The summed E-state index contributed by atoms with van der Waals surface area (Å²) in [7, 11) is 0. The van der Waals surface area contributed by atoms with Gasteiger partial charge < -0.3 is 10.4 Å². The second-order valence-corrected chi connectivity index (χ2v) is 7.67. The van der Waals surface area contributed by atoms with Gasteiger partial charge in [0.25, 0.3) is 0 Å². The van der Waals surface area contributed by atoms with E-state index in [9.17, 15) is 4.79 Å². The first-order valence-corrected chi connectivity index (χ1v) is 9.55. The first kappa shape index (κ1) is 16.6. The summed E-state index contributed by atoms with van der Waals surface area (Å²) in [6.07, 6.45) is 6.23. The van der Waals surface area contributed by atoms with Crippen LogP contribution in [0.3, 0.4) is 0 Å². The first-order valence-electron chi connectivity index (χ1n) is 8.67. The van der Waals surface area contributed by atoms with E-state index in [1.54, 1.807) is 6.20 Å². The molecule has 134 valence electrons. The molecule has 0 aromatic carbocycles. The van der Waals surface area contributed by atoms with Crippen LogP contribution in [0.1, 0.15) is 18.5 Å². The number of aliphatic hydroxyl groups excluding tert-OH is 1. The normalized spacial score (nSPS) is 28.2. The number of hydrogen-bond acceptors (Lipinski definition) is 7. The molecule has 2 bridgehead atoms. The lowest BCUT2D eigenvalue weighted by Gasteiger charge is -2.49. The van der Waals surface area contributed by atoms with Gasteiger partial charge in [-0.3, -0.25) is 14.4 Å². The molecule has 3 aliphatic rings. The lowest BCUT2D eigenvalue weighted by molar-refractivity contribution is -0.127. The number of carbonyl (C=O) groups excluding carboxylic acids is 1. The fourth-order valence-electron chi connectivity index (χ4n) is 3.98. The molecule has 9 heteroatoms. The van der Waals surface area contributed by atoms with E-state index in [1.807, 2.05) is 16.3 Å². The Morgan fingerprint density at radius 3 is 3.12 bits per heavy atom. The van der Waals surface area contributed by atoms with Gasteiger partial charge in [-0.25, -0.2) is 4.98 Å². The monoisotopic (exact) mass is 362 g/mol. The summed E-state index contributed by atoms with van der Waals surface area (Å²) in [4.78, 5) is 19.1. The van der Waals surface area contributed by atoms with Crippen molar-refractivity contribution in [3.8, 4) is 0 Å². The fourth-order valence-corrected chi connectivity index (χ4v) is 4.51. The van der Waals surface area contributed by atoms with Crippen LogP contribution >= 0.6 is 11.3 Å². The van der Waals surface area contributed by atoms with E-state index >= 15 is 0 Å². The Balaban J connectivity index is 1.37. The van der Waals surface area contributed by atoms with Crippen molar-refractivity contribution in [1.82, 2.24) is 24.9 Å². The highest BCUT2D eigenvalue weighted by Crippen LogP contribution is 2.37. The summed E-state index contributed by atoms with van der Waals surface area (Å²) in [5.41, 5.74) is 0.819. The number of piperidine rings is 3. The van der Waals surface area contributed by atoms with Crippen LogP contribution in [-0.4, -0.2) is 61.6 Å². The fraction of sp³-hybridized carbons (Fsp3) is 0.625. The standard InChI is InChI=1S/C16H22N6O2S/c23-5-2-12-8-22(20-19-12)9-13-7-11-1-4-21(13)10-14(11)15(24)18-16-17-3-6-25-16/h3,6,8,11,13-14,23H,1-2,4-5,7,9-10H2,(H,17,18,24)/t11-,13+,14+/m0/s1. The van der Waals surface area contributed by atoms with Crippen molar-refractivity contribution in [2.75, 3.05) is 25.0 Å². The number of nitrogens with one attached hydrogen (secondary N) is 1. The predicted octanol–water partition coefficient (Wildman–Crippen LogP) is 0.618. The molecule has 2 N–H and O–H groups in total. The summed E-state index contributed by atoms with van der Waals surface area (Å²) in [6, 6.07) is 0.395. The van der Waals surface area contributed by atoms with Crippen molar-refractivity contribution in [3.05, 3.63) is 23.5 Å². The third kappa shape index (κ3) is 3.58. The second kappa shape index (κ2) is 7.19. The quantitative estimate of drug-likeness (QED) is 0.782. The highest BCUT2D eigenvalue weighted by Gasteiger charge is 2.43. The molecule has 0 spiro atoms. The number of aromatic nitrogens is 4. The van der Waals surface area contributed by atoms with Gasteiger partial charge in [-0.15, -0.1) is 16.4 Å². The Morgan fingerprint density at radius 2 is 2.40 bits per heavy atom. The van der Waals surface area contributed by atoms with E-state index in [2.05, 4.69) is 25.5 Å². The van der Waals surface area contributed by atoms with E-state index in [4.69, 9.17) is 5.11 Å². The van der Waals surface area contributed by atoms with Crippen LogP contribution in [0, 0.1) is 11.8 Å². The lowest BCUT2D eigenvalue weighted by Crippen LogP contribution is -2.57. The molecule has 1 amide bonds. The minimum atomic E-state index is 0.0367. The molecular formula is C16H22N6O2S. The molecule has 5 rings (SSSR count). The molecule has 0 aliphatic carbocycles. The summed E-state index contributed by atoms with van der Waals surface area (Å²) in [5, 5.41) is 22.7. The van der Waals surface area contributed by atoms with Gasteiger partial charge >= 0.3 is 0 Å². The Hall–Kier alpha value is -1.84. The first-order chi connectivity index (χ1) is 12.2. The molecule has 4 atom stereocenters. The topological polar surface area (TPSA) is 96.2 Å². The SMILES string of the molecule is O=C(Nc1nccs1)[C@@H]1CN2CC[C@H]1C[C@@H]2Cn1cc(CCO)nn1. The lowest BCUT2D eigenvalue weighted by atomic mass is 9.75. The molecule has 3 saturated heterocycles. The molecule has 3 fully saturated rings. The number of nitrogens with zero attached hydrogens (tertiary/aromatic N) is 5. The van der Waals surface area contributed by atoms with Gasteiger partial charge in [-0.2, -0.15) is 0 Å². The molecule has 2 aromatic heterocycles. The Labute approximate surface area is 149 Å². The largest absolute Gasteiger partial charge is 0.396 e. The molecule has 0 radical (unpaired) electrons. The Bertz CT molecular complexity index is 718. The van der Waals surface area contributed by atoms with Crippen LogP contribution in [0.4, 0.5) is 5.13 Å². The molecule has 1 unspecified atom stereocenters. The van der Waals surface area contributed by atoms with Crippen molar-refractivity contribution in [2.45, 2.75) is 31.8 Å². The highest BCUT2D eigenvalue weighted by molar-refractivity contribution is 7.13. The summed E-state index contributed by atoms with van der Waals surface area (Å²) in [5.74, 6) is 0.541. The van der Waals surface area contributed by atoms with Crippen molar-refractivity contribution in [3.63, 3.8) is 0 Å². The maximum atomic E-state index is 12.6. The molecule has 8 nitrogen and oxygen atoms in total. The number of carbonyl (C=O) groups is 1. The second-order valence-electron chi connectivity index (χ2n) is 6.77. The average molecular weight is 362 g/mol. The van der Waals surface area contributed by atoms with Gasteiger partial charge in [0.15, 0.2) is 5.13 Å².